The van der Waals surface area contributed by atoms with Crippen LogP contribution in [0.4, 0.5) is 10.3 Å². The molecule has 0 saturated carbocycles. The Morgan fingerprint density at radius 3 is 2.38 bits per heavy atom. The van der Waals surface area contributed by atoms with E-state index in [-0.39, 0.29) is 16.4 Å². The van der Waals surface area contributed by atoms with Crippen LogP contribution in [0.25, 0.3) is 0 Å². The van der Waals surface area contributed by atoms with Crippen LogP contribution in [0.2, 0.25) is 0 Å². The average Bonchev–Trinajstić information content (AvgIpc) is 2.80. The topological polar surface area (TPSA) is 92.3 Å². The van der Waals surface area contributed by atoms with E-state index >= 15 is 0 Å². The molecule has 1 N–H and O–H groups in total. The lowest BCUT2D eigenvalue weighted by molar-refractivity contribution is 0.0981. The quantitative estimate of drug-likeness (QED) is 0.635. The maximum atomic E-state index is 13.1. The zero-order chi connectivity index (χ0) is 22.7. The Hall–Kier alpha value is -3.33. The first-order valence-corrected chi connectivity index (χ1v) is 11.8. The molecule has 0 unspecified atom stereocenters. The molecule has 32 heavy (non-hydrogen) atoms. The second-order valence-corrected chi connectivity index (χ2v) is 9.52. The number of carbonyl (C=O) groups excluding carboxylic acids is 1. The molecule has 2 heterocycles. The average molecular weight is 455 g/mol. The number of piperidine rings is 1. The smallest absolute Gasteiger partial charge is 0.265 e. The fourth-order valence-corrected chi connectivity index (χ4v) is 4.77. The van der Waals surface area contributed by atoms with Crippen LogP contribution in [-0.4, -0.2) is 37.4 Å². The summed E-state index contributed by atoms with van der Waals surface area (Å²) in [4.78, 5) is 23.2. The molecular formula is C23H23FN4O3S. The Morgan fingerprint density at radius 1 is 1.06 bits per heavy atom. The van der Waals surface area contributed by atoms with Crippen molar-refractivity contribution in [3.63, 3.8) is 0 Å². The zero-order valence-electron chi connectivity index (χ0n) is 17.5. The Morgan fingerprint density at radius 2 is 1.72 bits per heavy atom. The van der Waals surface area contributed by atoms with Gasteiger partial charge < -0.3 is 4.90 Å². The minimum atomic E-state index is -4.06. The molecule has 3 aromatic rings. The lowest BCUT2D eigenvalue weighted by atomic mass is 9.89. The maximum absolute atomic E-state index is 13.1. The van der Waals surface area contributed by atoms with E-state index in [0.29, 0.717) is 5.95 Å². The van der Waals surface area contributed by atoms with Gasteiger partial charge in [-0.25, -0.2) is 27.5 Å². The van der Waals surface area contributed by atoms with Crippen molar-refractivity contribution < 1.29 is 17.6 Å². The van der Waals surface area contributed by atoms with Crippen LogP contribution in [0.15, 0.2) is 65.8 Å². The Balaban J connectivity index is 1.44. The third-order valence-electron chi connectivity index (χ3n) is 5.52. The normalized spacial score (nSPS) is 14.9. The van der Waals surface area contributed by atoms with Gasteiger partial charge in [-0.2, -0.15) is 0 Å². The number of carbonyl (C=O) groups is 1. The van der Waals surface area contributed by atoms with Crippen LogP contribution in [-0.2, 0) is 10.0 Å². The second-order valence-electron chi connectivity index (χ2n) is 7.84. The Labute approximate surface area is 186 Å². The van der Waals surface area contributed by atoms with E-state index in [0.717, 1.165) is 49.2 Å². The van der Waals surface area contributed by atoms with Crippen molar-refractivity contribution >= 4 is 21.9 Å². The standard InChI is InChI=1S/C23H23FN4O3S/c1-16-14-25-23(26-15-16)28-11-9-17(10-12-28)19-3-2-4-21(13-19)32(30,31)27-22(29)18-5-7-20(24)8-6-18/h2-8,13-15,17H,9-12H2,1H3,(H,27,29). The summed E-state index contributed by atoms with van der Waals surface area (Å²) in [5.41, 5.74) is 1.98. The molecule has 7 nitrogen and oxygen atoms in total. The summed E-state index contributed by atoms with van der Waals surface area (Å²) in [6.07, 6.45) is 5.26. The van der Waals surface area contributed by atoms with Crippen LogP contribution in [0, 0.1) is 12.7 Å². The number of nitrogens with one attached hydrogen (secondary N) is 1. The van der Waals surface area contributed by atoms with E-state index in [2.05, 4.69) is 19.6 Å². The number of amides is 1. The summed E-state index contributed by atoms with van der Waals surface area (Å²) in [6, 6.07) is 11.4. The van der Waals surface area contributed by atoms with Crippen molar-refractivity contribution in [1.29, 1.82) is 0 Å². The SMILES string of the molecule is Cc1cnc(N2CCC(c3cccc(S(=O)(=O)NC(=O)c4ccc(F)cc4)c3)CC2)nc1. The lowest BCUT2D eigenvalue weighted by Crippen LogP contribution is -2.34. The van der Waals surface area contributed by atoms with Crippen molar-refractivity contribution in [3.05, 3.63) is 83.4 Å². The van der Waals surface area contributed by atoms with E-state index < -0.39 is 21.7 Å². The van der Waals surface area contributed by atoms with E-state index in [9.17, 15) is 17.6 Å². The molecule has 0 radical (unpaired) electrons. The predicted octanol–water partition coefficient (Wildman–Crippen LogP) is 3.43. The van der Waals surface area contributed by atoms with E-state index in [1.54, 1.807) is 24.5 Å². The van der Waals surface area contributed by atoms with Gasteiger partial charge in [0.05, 0.1) is 4.90 Å². The van der Waals surface area contributed by atoms with Gasteiger partial charge in [-0.15, -0.1) is 0 Å². The number of aryl methyl sites for hydroxylation is 1. The third kappa shape index (κ3) is 4.94. The largest absolute Gasteiger partial charge is 0.341 e. The molecule has 9 heteroatoms. The summed E-state index contributed by atoms with van der Waals surface area (Å²) in [5.74, 6) is -0.410. The van der Waals surface area contributed by atoms with Gasteiger partial charge in [0.1, 0.15) is 5.82 Å². The number of halogens is 1. The van der Waals surface area contributed by atoms with Crippen LogP contribution in [0.5, 0.6) is 0 Å². The van der Waals surface area contributed by atoms with Crippen molar-refractivity contribution in [2.24, 2.45) is 0 Å². The van der Waals surface area contributed by atoms with E-state index in [1.165, 1.54) is 18.2 Å². The number of sulfonamides is 1. The van der Waals surface area contributed by atoms with Gasteiger partial charge in [0.15, 0.2) is 0 Å². The number of benzene rings is 2. The van der Waals surface area contributed by atoms with Gasteiger partial charge in [-0.05, 0) is 73.2 Å². The zero-order valence-corrected chi connectivity index (χ0v) is 18.3. The van der Waals surface area contributed by atoms with Crippen molar-refractivity contribution in [1.82, 2.24) is 14.7 Å². The molecule has 1 fully saturated rings. The van der Waals surface area contributed by atoms with Crippen LogP contribution >= 0.6 is 0 Å². The van der Waals surface area contributed by atoms with E-state index in [4.69, 9.17) is 0 Å². The summed E-state index contributed by atoms with van der Waals surface area (Å²) in [5, 5.41) is 0. The molecule has 4 rings (SSSR count). The first-order chi connectivity index (χ1) is 15.3. The highest BCUT2D eigenvalue weighted by Crippen LogP contribution is 2.30. The van der Waals surface area contributed by atoms with Gasteiger partial charge in [0, 0.05) is 31.0 Å². The van der Waals surface area contributed by atoms with Crippen LogP contribution < -0.4 is 9.62 Å². The first kappa shape index (κ1) is 21.9. The summed E-state index contributed by atoms with van der Waals surface area (Å²) in [7, 11) is -4.06. The number of rotatable bonds is 5. The highest BCUT2D eigenvalue weighted by atomic mass is 32.2. The van der Waals surface area contributed by atoms with Gasteiger partial charge in [-0.3, -0.25) is 4.79 Å². The Kier molecular flexibility index (Phi) is 6.18. The third-order valence-corrected chi connectivity index (χ3v) is 6.85. The molecule has 166 valence electrons. The minimum Gasteiger partial charge on any atom is -0.341 e. The number of nitrogens with zero attached hydrogens (tertiary/aromatic N) is 3. The number of anilines is 1. The first-order valence-electron chi connectivity index (χ1n) is 10.3. The fraction of sp³-hybridized carbons (Fsp3) is 0.261. The molecule has 1 aliphatic heterocycles. The summed E-state index contributed by atoms with van der Waals surface area (Å²) >= 11 is 0. The molecular weight excluding hydrogens is 431 g/mol. The number of aromatic nitrogens is 2. The Bertz CT molecular complexity index is 1210. The van der Waals surface area contributed by atoms with E-state index in [1.807, 2.05) is 13.0 Å². The highest BCUT2D eigenvalue weighted by molar-refractivity contribution is 7.90. The van der Waals surface area contributed by atoms with Crippen molar-refractivity contribution in [2.75, 3.05) is 18.0 Å². The van der Waals surface area contributed by atoms with Crippen molar-refractivity contribution in [2.45, 2.75) is 30.6 Å². The molecule has 0 spiro atoms. The summed E-state index contributed by atoms with van der Waals surface area (Å²) in [6.45, 7) is 3.48. The van der Waals surface area contributed by atoms with Gasteiger partial charge >= 0.3 is 0 Å². The fourth-order valence-electron chi connectivity index (χ4n) is 3.74. The molecule has 1 saturated heterocycles. The van der Waals surface area contributed by atoms with Crippen LogP contribution in [0.3, 0.4) is 0 Å². The minimum absolute atomic E-state index is 0.0229. The maximum Gasteiger partial charge on any atom is 0.265 e. The number of hydrogen-bond donors (Lipinski definition) is 1. The molecule has 0 bridgehead atoms. The van der Waals surface area contributed by atoms with Crippen molar-refractivity contribution in [3.8, 4) is 0 Å². The predicted molar refractivity (Wildman–Crippen MR) is 118 cm³/mol. The lowest BCUT2D eigenvalue weighted by Gasteiger charge is -2.32. The molecule has 1 amide bonds. The monoisotopic (exact) mass is 454 g/mol. The molecule has 1 aromatic heterocycles. The second kappa shape index (κ2) is 9.04. The molecule has 2 aromatic carbocycles. The van der Waals surface area contributed by atoms with Crippen LogP contribution in [0.1, 0.15) is 40.2 Å². The highest BCUT2D eigenvalue weighted by Gasteiger charge is 2.24. The van der Waals surface area contributed by atoms with Gasteiger partial charge in [0.25, 0.3) is 15.9 Å². The molecule has 0 aliphatic carbocycles. The summed E-state index contributed by atoms with van der Waals surface area (Å²) < 4.78 is 40.6. The van der Waals surface area contributed by atoms with Gasteiger partial charge in [0.2, 0.25) is 5.95 Å². The number of hydrogen-bond acceptors (Lipinski definition) is 6. The molecule has 1 aliphatic rings. The molecule has 0 atom stereocenters. The van der Waals surface area contributed by atoms with Gasteiger partial charge in [-0.1, -0.05) is 12.1 Å².